The van der Waals surface area contributed by atoms with Gasteiger partial charge in [-0.25, -0.2) is 0 Å². The number of hydrogen-bond donors (Lipinski definition) is 1. The van der Waals surface area contributed by atoms with Crippen LogP contribution in [-0.4, -0.2) is 43.5 Å². The van der Waals surface area contributed by atoms with Crippen molar-refractivity contribution in [3.8, 4) is 11.5 Å². The summed E-state index contributed by atoms with van der Waals surface area (Å²) < 4.78 is 10.7. The number of carbonyl (C=O) groups excluding carboxylic acids is 2. The second-order valence-corrected chi connectivity index (χ2v) is 10.1. The predicted molar refractivity (Wildman–Crippen MR) is 152 cm³/mol. The first kappa shape index (κ1) is 29.1. The molecule has 0 aliphatic heterocycles. The minimum Gasteiger partial charge on any atom is -0.493 e. The average Bonchev–Trinajstić information content (AvgIpc) is 2.92. The SMILES string of the molecule is COc1ccc(CCC(=O)N(Cc2cccc(Cl)c2)[C@H](Cc2ccccc2)C(=O)NCC(C)C)cc1OC. The largest absolute Gasteiger partial charge is 0.493 e. The van der Waals surface area contributed by atoms with E-state index >= 15 is 0 Å². The van der Waals surface area contributed by atoms with Crippen molar-refractivity contribution in [2.75, 3.05) is 20.8 Å². The molecule has 1 atom stereocenters. The van der Waals surface area contributed by atoms with Crippen molar-refractivity contribution >= 4 is 23.4 Å². The zero-order valence-electron chi connectivity index (χ0n) is 22.6. The summed E-state index contributed by atoms with van der Waals surface area (Å²) in [6.45, 7) is 4.90. The van der Waals surface area contributed by atoms with E-state index in [1.807, 2.05) is 80.6 Å². The van der Waals surface area contributed by atoms with E-state index in [4.69, 9.17) is 21.1 Å². The molecule has 0 unspecified atom stereocenters. The highest BCUT2D eigenvalue weighted by molar-refractivity contribution is 6.30. The van der Waals surface area contributed by atoms with Crippen molar-refractivity contribution in [3.63, 3.8) is 0 Å². The van der Waals surface area contributed by atoms with Gasteiger partial charge in [0.25, 0.3) is 0 Å². The number of rotatable bonds is 13. The van der Waals surface area contributed by atoms with Gasteiger partial charge in [0, 0.05) is 31.0 Å². The summed E-state index contributed by atoms with van der Waals surface area (Å²) in [5, 5.41) is 3.63. The number of carbonyl (C=O) groups is 2. The van der Waals surface area contributed by atoms with Crippen LogP contribution in [0.3, 0.4) is 0 Å². The lowest BCUT2D eigenvalue weighted by Crippen LogP contribution is -2.51. The molecule has 1 N–H and O–H groups in total. The zero-order valence-corrected chi connectivity index (χ0v) is 23.3. The molecule has 6 nitrogen and oxygen atoms in total. The van der Waals surface area contributed by atoms with Crippen LogP contribution in [0, 0.1) is 5.92 Å². The number of hydrogen-bond acceptors (Lipinski definition) is 4. The van der Waals surface area contributed by atoms with Gasteiger partial charge in [-0.3, -0.25) is 9.59 Å². The van der Waals surface area contributed by atoms with Gasteiger partial charge in [-0.05, 0) is 53.3 Å². The molecule has 38 heavy (non-hydrogen) atoms. The molecule has 3 rings (SSSR count). The molecule has 0 spiro atoms. The first-order valence-corrected chi connectivity index (χ1v) is 13.2. The van der Waals surface area contributed by atoms with Gasteiger partial charge in [-0.2, -0.15) is 0 Å². The third kappa shape index (κ3) is 8.52. The summed E-state index contributed by atoms with van der Waals surface area (Å²) in [6, 6.07) is 22.2. The maximum atomic E-state index is 13.8. The van der Waals surface area contributed by atoms with Crippen molar-refractivity contribution in [1.82, 2.24) is 10.2 Å². The minimum atomic E-state index is -0.673. The van der Waals surface area contributed by atoms with E-state index in [2.05, 4.69) is 5.32 Å². The topological polar surface area (TPSA) is 67.9 Å². The monoisotopic (exact) mass is 536 g/mol. The first-order valence-electron chi connectivity index (χ1n) is 12.9. The molecule has 0 aliphatic carbocycles. The molecule has 202 valence electrons. The number of benzene rings is 3. The van der Waals surface area contributed by atoms with Crippen molar-refractivity contribution in [3.05, 3.63) is 94.5 Å². The summed E-state index contributed by atoms with van der Waals surface area (Å²) in [5.74, 6) is 1.26. The predicted octanol–water partition coefficient (Wildman–Crippen LogP) is 5.70. The second-order valence-electron chi connectivity index (χ2n) is 9.69. The molecule has 2 amide bonds. The Bertz CT molecular complexity index is 1200. The normalized spacial score (nSPS) is 11.6. The van der Waals surface area contributed by atoms with Crippen molar-refractivity contribution in [1.29, 1.82) is 0 Å². The molecule has 0 heterocycles. The maximum absolute atomic E-state index is 13.8. The number of halogens is 1. The van der Waals surface area contributed by atoms with E-state index in [9.17, 15) is 9.59 Å². The van der Waals surface area contributed by atoms with Crippen LogP contribution in [0.2, 0.25) is 5.02 Å². The quantitative estimate of drug-likeness (QED) is 0.304. The first-order chi connectivity index (χ1) is 18.3. The fourth-order valence-corrected chi connectivity index (χ4v) is 4.45. The Balaban J connectivity index is 1.90. The van der Waals surface area contributed by atoms with Crippen LogP contribution in [0.4, 0.5) is 0 Å². The van der Waals surface area contributed by atoms with E-state index in [1.54, 1.807) is 25.2 Å². The van der Waals surface area contributed by atoms with Crippen LogP contribution in [0.1, 0.15) is 37.0 Å². The summed E-state index contributed by atoms with van der Waals surface area (Å²) in [7, 11) is 3.18. The average molecular weight is 537 g/mol. The van der Waals surface area contributed by atoms with E-state index in [0.717, 1.165) is 16.7 Å². The Morgan fingerprint density at radius 1 is 0.868 bits per heavy atom. The Kier molecular flexibility index (Phi) is 11.0. The van der Waals surface area contributed by atoms with Crippen LogP contribution in [0.25, 0.3) is 0 Å². The van der Waals surface area contributed by atoms with E-state index in [-0.39, 0.29) is 24.8 Å². The lowest BCUT2D eigenvalue weighted by molar-refractivity contribution is -0.141. The Morgan fingerprint density at radius 2 is 1.58 bits per heavy atom. The maximum Gasteiger partial charge on any atom is 0.243 e. The fraction of sp³-hybridized carbons (Fsp3) is 0.355. The van der Waals surface area contributed by atoms with Crippen molar-refractivity contribution in [2.24, 2.45) is 5.92 Å². The molecule has 0 saturated heterocycles. The Morgan fingerprint density at radius 3 is 2.24 bits per heavy atom. The lowest BCUT2D eigenvalue weighted by Gasteiger charge is -2.32. The van der Waals surface area contributed by atoms with Crippen molar-refractivity contribution in [2.45, 2.75) is 45.7 Å². The van der Waals surface area contributed by atoms with Crippen LogP contribution in [0.15, 0.2) is 72.8 Å². The van der Waals surface area contributed by atoms with Gasteiger partial charge in [-0.1, -0.05) is 74.0 Å². The Labute approximate surface area is 230 Å². The third-order valence-corrected chi connectivity index (χ3v) is 6.51. The van der Waals surface area contributed by atoms with E-state index < -0.39 is 6.04 Å². The van der Waals surface area contributed by atoms with Gasteiger partial charge in [0.1, 0.15) is 6.04 Å². The van der Waals surface area contributed by atoms with Crippen molar-refractivity contribution < 1.29 is 19.1 Å². The van der Waals surface area contributed by atoms with Gasteiger partial charge in [-0.15, -0.1) is 0 Å². The highest BCUT2D eigenvalue weighted by Crippen LogP contribution is 2.28. The van der Waals surface area contributed by atoms with Gasteiger partial charge < -0.3 is 19.7 Å². The Hall–Kier alpha value is -3.51. The number of amides is 2. The standard InChI is InChI=1S/C31H37ClN2O4/c1-22(2)20-33-31(36)27(18-23-9-6-5-7-10-23)34(21-25-11-8-12-26(32)17-25)30(35)16-14-24-13-15-28(37-3)29(19-24)38-4/h5-13,15,17,19,22,27H,14,16,18,20-21H2,1-4H3,(H,33,36)/t27-/m1/s1. The van der Waals surface area contributed by atoms with Crippen LogP contribution < -0.4 is 14.8 Å². The molecule has 0 fully saturated rings. The van der Waals surface area contributed by atoms with E-state index in [1.165, 1.54) is 0 Å². The van der Waals surface area contributed by atoms with Gasteiger partial charge >= 0.3 is 0 Å². The molecule has 3 aromatic carbocycles. The molecule has 0 radical (unpaired) electrons. The number of aryl methyl sites for hydroxylation is 1. The highest BCUT2D eigenvalue weighted by Gasteiger charge is 2.30. The molecular weight excluding hydrogens is 500 g/mol. The molecule has 3 aromatic rings. The summed E-state index contributed by atoms with van der Waals surface area (Å²) in [6.07, 6.45) is 1.14. The summed E-state index contributed by atoms with van der Waals surface area (Å²) in [5.41, 5.74) is 2.80. The number of methoxy groups -OCH3 is 2. The minimum absolute atomic E-state index is 0.111. The number of ether oxygens (including phenoxy) is 2. The molecular formula is C31H37ClN2O4. The lowest BCUT2D eigenvalue weighted by atomic mass is 10.0. The summed E-state index contributed by atoms with van der Waals surface area (Å²) >= 11 is 6.25. The number of nitrogens with zero attached hydrogens (tertiary/aromatic N) is 1. The third-order valence-electron chi connectivity index (χ3n) is 6.27. The highest BCUT2D eigenvalue weighted by atomic mass is 35.5. The van der Waals surface area contributed by atoms with Gasteiger partial charge in [0.15, 0.2) is 11.5 Å². The molecule has 0 aromatic heterocycles. The fourth-order valence-electron chi connectivity index (χ4n) is 4.24. The molecule has 0 saturated carbocycles. The van der Waals surface area contributed by atoms with Crippen LogP contribution in [0.5, 0.6) is 11.5 Å². The van der Waals surface area contributed by atoms with Gasteiger partial charge in [0.2, 0.25) is 11.8 Å². The summed E-state index contributed by atoms with van der Waals surface area (Å²) in [4.78, 5) is 29.0. The van der Waals surface area contributed by atoms with Gasteiger partial charge in [0.05, 0.1) is 14.2 Å². The van der Waals surface area contributed by atoms with Crippen LogP contribution >= 0.6 is 11.6 Å². The smallest absolute Gasteiger partial charge is 0.243 e. The second kappa shape index (κ2) is 14.4. The zero-order chi connectivity index (χ0) is 27.5. The molecule has 0 bridgehead atoms. The molecule has 0 aliphatic rings. The van der Waals surface area contributed by atoms with E-state index in [0.29, 0.717) is 41.8 Å². The number of nitrogens with one attached hydrogen (secondary N) is 1. The molecule has 7 heteroatoms. The van der Waals surface area contributed by atoms with Crippen LogP contribution in [-0.2, 0) is 29.0 Å².